The predicted molar refractivity (Wildman–Crippen MR) is 54.5 cm³/mol. The third-order valence-corrected chi connectivity index (χ3v) is 1.86. The van der Waals surface area contributed by atoms with Gasteiger partial charge >= 0.3 is 5.97 Å². The zero-order chi connectivity index (χ0) is 10.1. The lowest BCUT2D eigenvalue weighted by atomic mass is 10.0. The van der Waals surface area contributed by atoms with Crippen molar-refractivity contribution in [3.63, 3.8) is 0 Å². The first-order chi connectivity index (χ1) is 6.20. The Balaban J connectivity index is 3.55. The maximum Gasteiger partial charge on any atom is 0.330 e. The molecule has 0 aliphatic heterocycles. The lowest BCUT2D eigenvalue weighted by Gasteiger charge is -2.04. The minimum Gasteiger partial charge on any atom is -0.463 e. The van der Waals surface area contributed by atoms with Crippen LogP contribution in [-0.4, -0.2) is 12.6 Å². The lowest BCUT2D eigenvalue weighted by molar-refractivity contribution is -0.137. The fourth-order valence-electron chi connectivity index (χ4n) is 1.20. The summed E-state index contributed by atoms with van der Waals surface area (Å²) in [4.78, 5) is 10.9. The summed E-state index contributed by atoms with van der Waals surface area (Å²) in [5.74, 6) is 0.432. The van der Waals surface area contributed by atoms with Crippen LogP contribution in [0.5, 0.6) is 0 Å². The topological polar surface area (TPSA) is 26.3 Å². The first-order valence-electron chi connectivity index (χ1n) is 5.04. The molecule has 0 rings (SSSR count). The number of esters is 1. The second-order valence-corrected chi connectivity index (χ2v) is 3.28. The molecule has 0 radical (unpaired) electrons. The lowest BCUT2D eigenvalue weighted by Crippen LogP contribution is -1.99. The predicted octanol–water partition coefficient (Wildman–Crippen LogP) is 2.93. The van der Waals surface area contributed by atoms with Gasteiger partial charge in [-0.1, -0.05) is 32.8 Å². The summed E-state index contributed by atoms with van der Waals surface area (Å²) in [6.07, 6.45) is 6.81. The number of carbonyl (C=O) groups is 1. The third kappa shape index (κ3) is 7.57. The Morgan fingerprint density at radius 1 is 1.46 bits per heavy atom. The molecule has 0 saturated carbocycles. The Labute approximate surface area is 81.0 Å². The number of rotatable bonds is 6. The molecule has 0 aromatic rings. The highest BCUT2D eigenvalue weighted by Crippen LogP contribution is 2.09. The highest BCUT2D eigenvalue weighted by molar-refractivity contribution is 5.81. The van der Waals surface area contributed by atoms with E-state index >= 15 is 0 Å². The van der Waals surface area contributed by atoms with Gasteiger partial charge in [-0.2, -0.15) is 0 Å². The van der Waals surface area contributed by atoms with Crippen LogP contribution < -0.4 is 0 Å². The summed E-state index contributed by atoms with van der Waals surface area (Å²) in [6, 6.07) is 0. The van der Waals surface area contributed by atoms with Crippen molar-refractivity contribution in [2.24, 2.45) is 5.92 Å². The Morgan fingerprint density at radius 2 is 2.15 bits per heavy atom. The third-order valence-electron chi connectivity index (χ3n) is 1.86. The van der Waals surface area contributed by atoms with Gasteiger partial charge in [0.1, 0.15) is 0 Å². The maximum atomic E-state index is 10.9. The summed E-state index contributed by atoms with van der Waals surface area (Å²) in [5.41, 5.74) is 0. The largest absolute Gasteiger partial charge is 0.463 e. The number of hydrogen-bond donors (Lipinski definition) is 0. The first kappa shape index (κ1) is 12.2. The number of ether oxygens (including phenoxy) is 1. The molecule has 0 saturated heterocycles. The molecule has 0 spiro atoms. The van der Waals surface area contributed by atoms with Crippen LogP contribution in [-0.2, 0) is 9.53 Å². The normalized spacial score (nSPS) is 13.2. The van der Waals surface area contributed by atoms with Crippen molar-refractivity contribution in [2.45, 2.75) is 40.0 Å². The second kappa shape index (κ2) is 7.84. The molecule has 76 valence electrons. The number of carbonyl (C=O) groups excluding carboxylic acids is 1. The quantitative estimate of drug-likeness (QED) is 0.468. The van der Waals surface area contributed by atoms with Gasteiger partial charge < -0.3 is 4.74 Å². The van der Waals surface area contributed by atoms with Crippen LogP contribution in [0.1, 0.15) is 40.0 Å². The van der Waals surface area contributed by atoms with Gasteiger partial charge in [0.05, 0.1) is 6.61 Å². The Morgan fingerprint density at radius 3 is 2.69 bits per heavy atom. The molecule has 1 atom stereocenters. The highest BCUT2D eigenvalue weighted by Gasteiger charge is 1.98. The molecule has 0 fully saturated rings. The smallest absolute Gasteiger partial charge is 0.330 e. The van der Waals surface area contributed by atoms with E-state index in [1.54, 1.807) is 0 Å². The van der Waals surface area contributed by atoms with Crippen LogP contribution in [0, 0.1) is 5.92 Å². The Kier molecular flexibility index (Phi) is 7.36. The molecule has 0 aliphatic carbocycles. The number of allylic oxidation sites excluding steroid dienone is 1. The van der Waals surface area contributed by atoms with Gasteiger partial charge in [-0.05, 0) is 19.3 Å². The van der Waals surface area contributed by atoms with Crippen molar-refractivity contribution < 1.29 is 9.53 Å². The van der Waals surface area contributed by atoms with Gasteiger partial charge in [0, 0.05) is 6.08 Å². The zero-order valence-electron chi connectivity index (χ0n) is 8.88. The van der Waals surface area contributed by atoms with Crippen LogP contribution in [0.3, 0.4) is 0 Å². The van der Waals surface area contributed by atoms with Crippen molar-refractivity contribution in [1.29, 1.82) is 0 Å². The van der Waals surface area contributed by atoms with Gasteiger partial charge in [0.15, 0.2) is 0 Å². The van der Waals surface area contributed by atoms with E-state index in [1.165, 1.54) is 18.9 Å². The molecule has 0 aromatic carbocycles. The van der Waals surface area contributed by atoms with Crippen molar-refractivity contribution in [1.82, 2.24) is 0 Å². The van der Waals surface area contributed by atoms with Crippen LogP contribution in [0.15, 0.2) is 12.2 Å². The second-order valence-electron chi connectivity index (χ2n) is 3.28. The van der Waals surface area contributed by atoms with E-state index in [0.29, 0.717) is 12.5 Å². The Bertz CT molecular complexity index is 161. The summed E-state index contributed by atoms with van der Waals surface area (Å²) in [6.45, 7) is 6.63. The summed E-state index contributed by atoms with van der Waals surface area (Å²) in [7, 11) is 0. The van der Waals surface area contributed by atoms with Crippen molar-refractivity contribution >= 4 is 5.97 Å². The highest BCUT2D eigenvalue weighted by atomic mass is 16.5. The van der Waals surface area contributed by atoms with Gasteiger partial charge in [-0.15, -0.1) is 0 Å². The summed E-state index contributed by atoms with van der Waals surface area (Å²) < 4.78 is 4.76. The average Bonchev–Trinajstić information content (AvgIpc) is 2.05. The van der Waals surface area contributed by atoms with Crippen molar-refractivity contribution in [3.8, 4) is 0 Å². The fraction of sp³-hybridized carbons (Fsp3) is 0.727. The molecular weight excluding hydrogens is 164 g/mol. The SMILES string of the molecule is CCC[C@@H](C)CC=CC(=O)OCC. The number of hydrogen-bond acceptors (Lipinski definition) is 2. The zero-order valence-corrected chi connectivity index (χ0v) is 8.88. The maximum absolute atomic E-state index is 10.9. The molecule has 0 N–H and O–H groups in total. The fourth-order valence-corrected chi connectivity index (χ4v) is 1.20. The van der Waals surface area contributed by atoms with E-state index in [9.17, 15) is 4.79 Å². The summed E-state index contributed by atoms with van der Waals surface area (Å²) in [5, 5.41) is 0. The molecule has 0 aliphatic rings. The molecule has 2 nitrogen and oxygen atoms in total. The molecule has 0 aromatic heterocycles. The molecule has 2 heteroatoms. The van der Waals surface area contributed by atoms with E-state index in [1.807, 2.05) is 13.0 Å². The summed E-state index contributed by atoms with van der Waals surface area (Å²) >= 11 is 0. The average molecular weight is 184 g/mol. The van der Waals surface area contributed by atoms with E-state index < -0.39 is 0 Å². The van der Waals surface area contributed by atoms with Crippen LogP contribution in [0.2, 0.25) is 0 Å². The standard InChI is InChI=1S/C11H20O2/c1-4-7-10(3)8-6-9-11(12)13-5-2/h6,9-10H,4-5,7-8H2,1-3H3/t10-/m1/s1. The van der Waals surface area contributed by atoms with Gasteiger partial charge in [-0.3, -0.25) is 0 Å². The molecule has 0 bridgehead atoms. The van der Waals surface area contributed by atoms with E-state index in [2.05, 4.69) is 13.8 Å². The molecule has 0 heterocycles. The molecule has 0 amide bonds. The van der Waals surface area contributed by atoms with Crippen LogP contribution >= 0.6 is 0 Å². The molecule has 13 heavy (non-hydrogen) atoms. The molecule has 0 unspecified atom stereocenters. The van der Waals surface area contributed by atoms with Crippen LogP contribution in [0.25, 0.3) is 0 Å². The van der Waals surface area contributed by atoms with Gasteiger partial charge in [0.25, 0.3) is 0 Å². The van der Waals surface area contributed by atoms with Gasteiger partial charge in [0.2, 0.25) is 0 Å². The van der Waals surface area contributed by atoms with E-state index in [0.717, 1.165) is 6.42 Å². The first-order valence-corrected chi connectivity index (χ1v) is 5.04. The van der Waals surface area contributed by atoms with Crippen LogP contribution in [0.4, 0.5) is 0 Å². The Hall–Kier alpha value is -0.790. The van der Waals surface area contributed by atoms with Crippen molar-refractivity contribution in [3.05, 3.63) is 12.2 Å². The monoisotopic (exact) mass is 184 g/mol. The minimum atomic E-state index is -0.230. The van der Waals surface area contributed by atoms with E-state index in [4.69, 9.17) is 4.74 Å². The van der Waals surface area contributed by atoms with Gasteiger partial charge in [-0.25, -0.2) is 4.79 Å². The van der Waals surface area contributed by atoms with E-state index in [-0.39, 0.29) is 5.97 Å². The minimum absolute atomic E-state index is 0.230. The molecular formula is C11H20O2. The van der Waals surface area contributed by atoms with Crippen molar-refractivity contribution in [2.75, 3.05) is 6.61 Å².